The number of thiazole rings is 1. The Bertz CT molecular complexity index is 806. The molecule has 152 valence electrons. The van der Waals surface area contributed by atoms with Gasteiger partial charge in [0.25, 0.3) is 5.91 Å². The number of carbonyl (C=O) groups excluding carboxylic acids is 2. The maximum absolute atomic E-state index is 13.2. The largest absolute Gasteiger partial charge is 0.497 e. The van der Waals surface area contributed by atoms with Crippen LogP contribution < -0.4 is 9.47 Å². The first-order valence-electron chi connectivity index (χ1n) is 9.08. The summed E-state index contributed by atoms with van der Waals surface area (Å²) in [4.78, 5) is 30.9. The quantitative estimate of drug-likeness (QED) is 0.441. The Kier molecular flexibility index (Phi) is 8.25. The number of nitrogens with zero attached hydrogens (tertiary/aromatic N) is 2. The lowest BCUT2D eigenvalue weighted by molar-refractivity contribution is 0.0594. The normalized spacial score (nSPS) is 10.4. The molecular weight excluding hydrogens is 380 g/mol. The van der Waals surface area contributed by atoms with E-state index >= 15 is 0 Å². The number of amides is 1. The average Bonchev–Trinajstić information content (AvgIpc) is 3.20. The maximum atomic E-state index is 13.2. The molecule has 2 rings (SSSR count). The summed E-state index contributed by atoms with van der Waals surface area (Å²) in [6, 6.07) is 5.13. The fourth-order valence-corrected chi connectivity index (χ4v) is 3.47. The van der Waals surface area contributed by atoms with Crippen LogP contribution in [0, 0.1) is 0 Å². The molecule has 1 aromatic heterocycles. The van der Waals surface area contributed by atoms with Crippen LogP contribution in [0.1, 0.15) is 52.0 Å². The molecule has 0 aliphatic heterocycles. The van der Waals surface area contributed by atoms with Gasteiger partial charge >= 0.3 is 5.97 Å². The molecule has 0 unspecified atom stereocenters. The number of rotatable bonds is 10. The van der Waals surface area contributed by atoms with Crippen LogP contribution in [0.2, 0.25) is 0 Å². The van der Waals surface area contributed by atoms with Crippen molar-refractivity contribution in [3.05, 3.63) is 39.8 Å². The summed E-state index contributed by atoms with van der Waals surface area (Å²) in [6.45, 7) is 3.02. The molecule has 7 nitrogen and oxygen atoms in total. The first kappa shape index (κ1) is 21.7. The Morgan fingerprint density at radius 1 is 1.14 bits per heavy atom. The van der Waals surface area contributed by atoms with Gasteiger partial charge in [0, 0.05) is 18.0 Å². The second kappa shape index (κ2) is 10.7. The third-order valence-electron chi connectivity index (χ3n) is 4.23. The number of unbranched alkanes of at least 4 members (excludes halogenated alkanes) is 2. The Hall–Kier alpha value is -2.61. The molecule has 0 fully saturated rings. The van der Waals surface area contributed by atoms with E-state index in [9.17, 15) is 9.59 Å². The molecule has 0 spiro atoms. The van der Waals surface area contributed by atoms with Crippen LogP contribution in [0.4, 0.5) is 0 Å². The Balaban J connectivity index is 2.25. The summed E-state index contributed by atoms with van der Waals surface area (Å²) in [7, 11) is 4.41. The molecule has 28 heavy (non-hydrogen) atoms. The minimum atomic E-state index is -0.483. The van der Waals surface area contributed by atoms with Gasteiger partial charge in [0.2, 0.25) is 0 Å². The van der Waals surface area contributed by atoms with Crippen molar-refractivity contribution in [1.29, 1.82) is 0 Å². The van der Waals surface area contributed by atoms with Crippen molar-refractivity contribution < 1.29 is 23.8 Å². The summed E-state index contributed by atoms with van der Waals surface area (Å²) in [5, 5.41) is 2.32. The van der Waals surface area contributed by atoms with E-state index in [2.05, 4.69) is 11.9 Å². The summed E-state index contributed by atoms with van der Waals surface area (Å²) in [5.41, 5.74) is 0.718. The van der Waals surface area contributed by atoms with Crippen LogP contribution in [0.3, 0.4) is 0 Å². The molecule has 0 bridgehead atoms. The Labute approximate surface area is 169 Å². The van der Waals surface area contributed by atoms with Gasteiger partial charge in [0.15, 0.2) is 5.69 Å². The topological polar surface area (TPSA) is 78.0 Å². The smallest absolute Gasteiger partial charge is 0.357 e. The van der Waals surface area contributed by atoms with Crippen molar-refractivity contribution >= 4 is 23.2 Å². The number of aromatic nitrogens is 1. The number of hydrogen-bond donors (Lipinski definition) is 0. The minimum Gasteiger partial charge on any atom is -0.497 e. The zero-order chi connectivity index (χ0) is 20.5. The van der Waals surface area contributed by atoms with E-state index in [4.69, 9.17) is 14.2 Å². The van der Waals surface area contributed by atoms with Gasteiger partial charge in [-0.05, 0) is 18.6 Å². The predicted octanol–water partition coefficient (Wildman–Crippen LogP) is 3.78. The van der Waals surface area contributed by atoms with Crippen molar-refractivity contribution in [2.75, 3.05) is 27.9 Å². The highest BCUT2D eigenvalue weighted by atomic mass is 32.1. The van der Waals surface area contributed by atoms with Crippen LogP contribution in [0.15, 0.2) is 23.6 Å². The number of ether oxygens (including phenoxy) is 3. The third-order valence-corrected chi connectivity index (χ3v) is 5.06. The van der Waals surface area contributed by atoms with E-state index in [0.29, 0.717) is 35.2 Å². The van der Waals surface area contributed by atoms with E-state index in [0.717, 1.165) is 19.3 Å². The van der Waals surface area contributed by atoms with E-state index in [1.807, 2.05) is 0 Å². The van der Waals surface area contributed by atoms with Crippen LogP contribution in [0.25, 0.3) is 0 Å². The Morgan fingerprint density at radius 3 is 2.57 bits per heavy atom. The van der Waals surface area contributed by atoms with Crippen LogP contribution in [-0.4, -0.2) is 49.6 Å². The van der Waals surface area contributed by atoms with Gasteiger partial charge in [-0.3, -0.25) is 4.79 Å². The zero-order valence-corrected chi connectivity index (χ0v) is 17.5. The lowest BCUT2D eigenvalue weighted by Crippen LogP contribution is -2.32. The third kappa shape index (κ3) is 5.45. The maximum Gasteiger partial charge on any atom is 0.357 e. The van der Waals surface area contributed by atoms with E-state index < -0.39 is 5.97 Å². The van der Waals surface area contributed by atoms with Gasteiger partial charge in [-0.2, -0.15) is 0 Å². The van der Waals surface area contributed by atoms with E-state index in [1.165, 1.54) is 25.6 Å². The number of methoxy groups -OCH3 is 3. The number of hydrogen-bond acceptors (Lipinski definition) is 7. The second-order valence-electron chi connectivity index (χ2n) is 6.12. The van der Waals surface area contributed by atoms with Crippen LogP contribution in [0.5, 0.6) is 11.5 Å². The van der Waals surface area contributed by atoms with Crippen molar-refractivity contribution in [2.24, 2.45) is 0 Å². The first-order chi connectivity index (χ1) is 13.5. The highest BCUT2D eigenvalue weighted by Gasteiger charge is 2.22. The molecule has 0 saturated carbocycles. The summed E-state index contributed by atoms with van der Waals surface area (Å²) in [6.07, 6.45) is 2.96. The van der Waals surface area contributed by atoms with Crippen molar-refractivity contribution in [3.8, 4) is 11.5 Å². The molecule has 1 amide bonds. The summed E-state index contributed by atoms with van der Waals surface area (Å²) in [5.74, 6) is 0.446. The minimum absolute atomic E-state index is 0.148. The monoisotopic (exact) mass is 406 g/mol. The SMILES string of the molecule is CCCCCN(Cc1nc(C(=O)OC)cs1)C(=O)c1ccc(OC)cc1OC. The van der Waals surface area contributed by atoms with Gasteiger partial charge in [0.1, 0.15) is 16.5 Å². The van der Waals surface area contributed by atoms with Gasteiger partial charge in [-0.15, -0.1) is 11.3 Å². The molecule has 8 heteroatoms. The number of benzene rings is 1. The molecule has 0 radical (unpaired) electrons. The molecular formula is C20H26N2O5S. The molecule has 1 aromatic carbocycles. The molecule has 2 aromatic rings. The fraction of sp³-hybridized carbons (Fsp3) is 0.450. The van der Waals surface area contributed by atoms with Crippen LogP contribution in [-0.2, 0) is 11.3 Å². The molecule has 0 N–H and O–H groups in total. The second-order valence-corrected chi connectivity index (χ2v) is 7.06. The van der Waals surface area contributed by atoms with Gasteiger partial charge in [-0.25, -0.2) is 9.78 Å². The fourth-order valence-electron chi connectivity index (χ4n) is 2.70. The highest BCUT2D eigenvalue weighted by Crippen LogP contribution is 2.27. The van der Waals surface area contributed by atoms with Crippen molar-refractivity contribution in [3.63, 3.8) is 0 Å². The van der Waals surface area contributed by atoms with E-state index in [-0.39, 0.29) is 11.6 Å². The zero-order valence-electron chi connectivity index (χ0n) is 16.7. The van der Waals surface area contributed by atoms with Gasteiger partial charge < -0.3 is 19.1 Å². The highest BCUT2D eigenvalue weighted by molar-refractivity contribution is 7.09. The summed E-state index contributed by atoms with van der Waals surface area (Å²) < 4.78 is 15.3. The average molecular weight is 407 g/mol. The lowest BCUT2D eigenvalue weighted by atomic mass is 10.1. The molecule has 0 aliphatic rings. The van der Waals surface area contributed by atoms with E-state index in [1.54, 1.807) is 35.6 Å². The molecule has 1 heterocycles. The van der Waals surface area contributed by atoms with Crippen molar-refractivity contribution in [1.82, 2.24) is 9.88 Å². The first-order valence-corrected chi connectivity index (χ1v) is 9.96. The molecule has 0 atom stereocenters. The lowest BCUT2D eigenvalue weighted by Gasteiger charge is -2.23. The predicted molar refractivity (Wildman–Crippen MR) is 107 cm³/mol. The van der Waals surface area contributed by atoms with Crippen LogP contribution >= 0.6 is 11.3 Å². The number of carbonyl (C=O) groups is 2. The standard InChI is InChI=1S/C20H26N2O5S/c1-5-6-7-10-22(12-18-21-16(13-28-18)20(24)27-4)19(23)15-9-8-14(25-2)11-17(15)26-3/h8-9,11,13H,5-7,10,12H2,1-4H3. The molecule has 0 saturated heterocycles. The Morgan fingerprint density at radius 2 is 1.93 bits per heavy atom. The number of esters is 1. The summed E-state index contributed by atoms with van der Waals surface area (Å²) >= 11 is 1.33. The molecule has 0 aliphatic carbocycles. The van der Waals surface area contributed by atoms with Gasteiger partial charge in [0.05, 0.1) is 33.4 Å². The van der Waals surface area contributed by atoms with Crippen molar-refractivity contribution in [2.45, 2.75) is 32.7 Å². The van der Waals surface area contributed by atoms with Gasteiger partial charge in [-0.1, -0.05) is 19.8 Å².